The molecule has 3 aliphatic rings. The van der Waals surface area contributed by atoms with Gasteiger partial charge in [-0.1, -0.05) is 30.3 Å². The highest BCUT2D eigenvalue weighted by atomic mass is 16.7. The van der Waals surface area contributed by atoms with E-state index < -0.39 is 0 Å². The first-order chi connectivity index (χ1) is 14.8. The number of rotatable bonds is 4. The van der Waals surface area contributed by atoms with Crippen LogP contribution in [-0.2, 0) is 11.3 Å². The second-order valence-corrected chi connectivity index (χ2v) is 9.29. The zero-order chi connectivity index (χ0) is 21.9. The van der Waals surface area contributed by atoms with E-state index in [1.807, 2.05) is 47.4 Å². The van der Waals surface area contributed by atoms with Crippen LogP contribution in [0.25, 0.3) is 0 Å². The number of hydrogen-bond acceptors (Lipinski definition) is 5. The SMILES string of the molecule is CN1[C@@H](c2ccc(C(=N)N)cc2)[C@H]2CN(Cc3ccc4c(c3)OCO4)C(=O)[C@H]2C1(C)C. The Balaban J connectivity index is 1.42. The summed E-state index contributed by atoms with van der Waals surface area (Å²) >= 11 is 0. The number of nitrogen functional groups attached to an aromatic ring is 1. The second kappa shape index (κ2) is 6.99. The van der Waals surface area contributed by atoms with Gasteiger partial charge in [0.15, 0.2) is 11.5 Å². The first-order valence-corrected chi connectivity index (χ1v) is 10.6. The number of carbonyl (C=O) groups excluding carboxylic acids is 1. The number of benzene rings is 2. The number of amidine groups is 1. The molecule has 3 aliphatic heterocycles. The molecule has 2 aromatic rings. The van der Waals surface area contributed by atoms with Crippen LogP contribution in [0, 0.1) is 17.2 Å². The van der Waals surface area contributed by atoms with Crippen LogP contribution < -0.4 is 15.2 Å². The lowest BCUT2D eigenvalue weighted by atomic mass is 9.82. The second-order valence-electron chi connectivity index (χ2n) is 9.29. The molecule has 162 valence electrons. The third-order valence-electron chi connectivity index (χ3n) is 7.30. The Labute approximate surface area is 182 Å². The minimum atomic E-state index is -0.255. The molecular weight excluding hydrogens is 392 g/mol. The van der Waals surface area contributed by atoms with Gasteiger partial charge in [-0.05, 0) is 44.2 Å². The fraction of sp³-hybridized carbons (Fsp3) is 0.417. The average molecular weight is 421 g/mol. The number of nitrogens with one attached hydrogen (secondary N) is 1. The molecule has 0 spiro atoms. The van der Waals surface area contributed by atoms with Gasteiger partial charge in [0, 0.05) is 36.2 Å². The molecule has 7 heteroatoms. The number of nitrogens with two attached hydrogens (primary N) is 1. The van der Waals surface area contributed by atoms with E-state index in [2.05, 4.69) is 25.8 Å². The number of carbonyl (C=O) groups is 1. The Kier molecular flexibility index (Phi) is 4.48. The number of amides is 1. The number of likely N-dealkylation sites (tertiary alicyclic amines) is 2. The lowest BCUT2D eigenvalue weighted by Crippen LogP contribution is -2.45. The molecule has 0 bridgehead atoms. The first kappa shape index (κ1) is 19.9. The van der Waals surface area contributed by atoms with E-state index >= 15 is 0 Å². The number of ether oxygens (including phenoxy) is 2. The molecule has 0 saturated carbocycles. The summed E-state index contributed by atoms with van der Waals surface area (Å²) in [5.74, 6) is 1.91. The quantitative estimate of drug-likeness (QED) is 0.586. The smallest absolute Gasteiger partial charge is 0.231 e. The van der Waals surface area contributed by atoms with Crippen molar-refractivity contribution < 1.29 is 14.3 Å². The fourth-order valence-electron chi connectivity index (χ4n) is 5.54. The van der Waals surface area contributed by atoms with Crippen LogP contribution in [0.4, 0.5) is 0 Å². The Bertz CT molecular complexity index is 1050. The molecule has 1 amide bonds. The van der Waals surface area contributed by atoms with Gasteiger partial charge in [0.25, 0.3) is 0 Å². The van der Waals surface area contributed by atoms with E-state index in [1.165, 1.54) is 0 Å². The van der Waals surface area contributed by atoms with Crippen LogP contribution in [0.3, 0.4) is 0 Å². The Morgan fingerprint density at radius 2 is 1.87 bits per heavy atom. The Hall–Kier alpha value is -3.06. The maximum atomic E-state index is 13.5. The van der Waals surface area contributed by atoms with E-state index in [-0.39, 0.29) is 42.0 Å². The normalized spacial score (nSPS) is 26.4. The van der Waals surface area contributed by atoms with Crippen molar-refractivity contribution in [3.05, 3.63) is 59.2 Å². The van der Waals surface area contributed by atoms with Crippen molar-refractivity contribution in [3.63, 3.8) is 0 Å². The van der Waals surface area contributed by atoms with E-state index in [9.17, 15) is 4.79 Å². The molecule has 5 rings (SSSR count). The Morgan fingerprint density at radius 1 is 1.16 bits per heavy atom. The van der Waals surface area contributed by atoms with Gasteiger partial charge in [0.05, 0.1) is 5.92 Å². The molecule has 3 atom stereocenters. The van der Waals surface area contributed by atoms with Gasteiger partial charge in [0.2, 0.25) is 12.7 Å². The highest BCUT2D eigenvalue weighted by Crippen LogP contribution is 2.53. The highest BCUT2D eigenvalue weighted by molar-refractivity contribution is 5.94. The zero-order valence-electron chi connectivity index (χ0n) is 18.1. The zero-order valence-corrected chi connectivity index (χ0v) is 18.1. The van der Waals surface area contributed by atoms with Crippen molar-refractivity contribution in [3.8, 4) is 11.5 Å². The average Bonchev–Trinajstić information content (AvgIpc) is 3.37. The summed E-state index contributed by atoms with van der Waals surface area (Å²) in [6.07, 6.45) is 0. The Morgan fingerprint density at radius 3 is 2.58 bits per heavy atom. The van der Waals surface area contributed by atoms with Crippen LogP contribution in [0.1, 0.15) is 36.6 Å². The van der Waals surface area contributed by atoms with Gasteiger partial charge in [-0.25, -0.2) is 0 Å². The summed E-state index contributed by atoms with van der Waals surface area (Å²) in [4.78, 5) is 17.8. The molecular formula is C24H28N4O3. The topological polar surface area (TPSA) is 91.9 Å². The van der Waals surface area contributed by atoms with Crippen LogP contribution >= 0.6 is 0 Å². The molecule has 3 N–H and O–H groups in total. The predicted molar refractivity (Wildman–Crippen MR) is 117 cm³/mol. The van der Waals surface area contributed by atoms with Crippen LogP contribution in [0.15, 0.2) is 42.5 Å². The maximum Gasteiger partial charge on any atom is 0.231 e. The number of fused-ring (bicyclic) bond motifs is 2. The van der Waals surface area contributed by atoms with E-state index in [0.29, 0.717) is 18.7 Å². The van der Waals surface area contributed by atoms with Crippen molar-refractivity contribution >= 4 is 11.7 Å². The van der Waals surface area contributed by atoms with Crippen molar-refractivity contribution in [2.45, 2.75) is 32.0 Å². The molecule has 0 aromatic heterocycles. The molecule has 7 nitrogen and oxygen atoms in total. The highest BCUT2D eigenvalue weighted by Gasteiger charge is 2.60. The monoisotopic (exact) mass is 420 g/mol. The number of nitrogens with zero attached hydrogens (tertiary/aromatic N) is 2. The molecule has 0 aliphatic carbocycles. The minimum absolute atomic E-state index is 0.0653. The summed E-state index contributed by atoms with van der Waals surface area (Å²) in [5.41, 5.74) is 8.29. The lowest BCUT2D eigenvalue weighted by molar-refractivity contribution is -0.134. The van der Waals surface area contributed by atoms with E-state index in [1.54, 1.807) is 0 Å². The summed E-state index contributed by atoms with van der Waals surface area (Å²) in [7, 11) is 2.11. The minimum Gasteiger partial charge on any atom is -0.454 e. The van der Waals surface area contributed by atoms with Crippen LogP contribution in [-0.4, -0.2) is 47.5 Å². The van der Waals surface area contributed by atoms with Crippen molar-refractivity contribution in [1.82, 2.24) is 9.80 Å². The number of hydrogen-bond donors (Lipinski definition) is 2. The summed E-state index contributed by atoms with van der Waals surface area (Å²) in [6.45, 7) is 5.85. The van der Waals surface area contributed by atoms with Gasteiger partial charge in [-0.2, -0.15) is 0 Å². The fourth-order valence-corrected chi connectivity index (χ4v) is 5.54. The van der Waals surface area contributed by atoms with Crippen LogP contribution in [0.2, 0.25) is 0 Å². The lowest BCUT2D eigenvalue weighted by Gasteiger charge is -2.36. The molecule has 2 saturated heterocycles. The van der Waals surface area contributed by atoms with Crippen molar-refractivity contribution in [1.29, 1.82) is 5.41 Å². The predicted octanol–water partition coefficient (Wildman–Crippen LogP) is 2.74. The van der Waals surface area contributed by atoms with Gasteiger partial charge in [-0.3, -0.25) is 15.1 Å². The molecule has 31 heavy (non-hydrogen) atoms. The van der Waals surface area contributed by atoms with Crippen molar-refractivity contribution in [2.24, 2.45) is 17.6 Å². The standard InChI is InChI=1S/C24H28N4O3/c1-24(2)20-17(21(27(24)3)15-5-7-16(8-6-15)22(25)26)12-28(23(20)29)11-14-4-9-18-19(10-14)31-13-30-18/h4-10,17,20-21H,11-13H2,1-3H3,(H3,25,26)/t17-,20-,21-/m0/s1. The molecule has 3 heterocycles. The molecule has 0 radical (unpaired) electrons. The maximum absolute atomic E-state index is 13.5. The van der Waals surface area contributed by atoms with E-state index in [4.69, 9.17) is 20.6 Å². The summed E-state index contributed by atoms with van der Waals surface area (Å²) < 4.78 is 10.9. The molecule has 0 unspecified atom stereocenters. The summed E-state index contributed by atoms with van der Waals surface area (Å²) in [6, 6.07) is 13.9. The first-order valence-electron chi connectivity index (χ1n) is 10.6. The molecule has 2 fully saturated rings. The largest absolute Gasteiger partial charge is 0.454 e. The third-order valence-corrected chi connectivity index (χ3v) is 7.30. The van der Waals surface area contributed by atoms with Crippen LogP contribution in [0.5, 0.6) is 11.5 Å². The van der Waals surface area contributed by atoms with Gasteiger partial charge >= 0.3 is 0 Å². The summed E-state index contributed by atoms with van der Waals surface area (Å²) in [5, 5.41) is 7.64. The van der Waals surface area contributed by atoms with Gasteiger partial charge in [-0.15, -0.1) is 0 Å². The molecule has 2 aromatic carbocycles. The van der Waals surface area contributed by atoms with E-state index in [0.717, 1.165) is 22.6 Å². The van der Waals surface area contributed by atoms with Gasteiger partial charge < -0.3 is 20.1 Å². The third kappa shape index (κ3) is 3.07. The van der Waals surface area contributed by atoms with Gasteiger partial charge in [0.1, 0.15) is 5.84 Å². The van der Waals surface area contributed by atoms with Crippen molar-refractivity contribution in [2.75, 3.05) is 20.4 Å².